The number of aromatic nitrogens is 2. The molecule has 3 rings (SSSR count). The summed E-state index contributed by atoms with van der Waals surface area (Å²) in [7, 11) is 0. The topological polar surface area (TPSA) is 50.3 Å². The molecule has 1 aromatic rings. The first kappa shape index (κ1) is 12.8. The van der Waals surface area contributed by atoms with Crippen molar-refractivity contribution in [2.75, 3.05) is 18.0 Å². The van der Waals surface area contributed by atoms with Gasteiger partial charge < -0.3 is 15.0 Å². The van der Waals surface area contributed by atoms with Crippen LogP contribution in [0.5, 0.6) is 0 Å². The van der Waals surface area contributed by atoms with E-state index in [1.165, 1.54) is 12.8 Å². The third kappa shape index (κ3) is 3.04. The third-order valence-electron chi connectivity index (χ3n) is 3.75. The Morgan fingerprint density at radius 2 is 2.00 bits per heavy atom. The van der Waals surface area contributed by atoms with E-state index >= 15 is 0 Å². The largest absolute Gasteiger partial charge is 0.371 e. The first-order valence-electron chi connectivity index (χ1n) is 7.15. The van der Waals surface area contributed by atoms with Crippen LogP contribution < -0.4 is 10.2 Å². The lowest BCUT2D eigenvalue weighted by Crippen LogP contribution is -2.43. The highest BCUT2D eigenvalue weighted by atomic mass is 16.5. The van der Waals surface area contributed by atoms with Crippen molar-refractivity contribution in [2.45, 2.75) is 51.5 Å². The van der Waals surface area contributed by atoms with Crippen LogP contribution in [0.1, 0.15) is 32.4 Å². The Hall–Kier alpha value is -1.20. The third-order valence-corrected chi connectivity index (χ3v) is 3.75. The van der Waals surface area contributed by atoms with Crippen molar-refractivity contribution in [3.8, 4) is 0 Å². The molecule has 2 bridgehead atoms. The molecular weight excluding hydrogens is 240 g/mol. The summed E-state index contributed by atoms with van der Waals surface area (Å²) in [6.07, 6.45) is 6.92. The number of morpholine rings is 1. The zero-order valence-electron chi connectivity index (χ0n) is 11.7. The van der Waals surface area contributed by atoms with Crippen molar-refractivity contribution in [1.82, 2.24) is 15.3 Å². The van der Waals surface area contributed by atoms with Crippen molar-refractivity contribution < 1.29 is 4.74 Å². The number of anilines is 1. The van der Waals surface area contributed by atoms with Gasteiger partial charge in [0.15, 0.2) is 0 Å². The van der Waals surface area contributed by atoms with E-state index in [1.807, 2.05) is 12.4 Å². The maximum atomic E-state index is 5.84. The second kappa shape index (κ2) is 5.43. The minimum absolute atomic E-state index is 0.392. The van der Waals surface area contributed by atoms with E-state index in [0.29, 0.717) is 18.2 Å². The summed E-state index contributed by atoms with van der Waals surface area (Å²) in [5, 5.41) is 3.35. The predicted molar refractivity (Wildman–Crippen MR) is 74.1 cm³/mol. The van der Waals surface area contributed by atoms with Gasteiger partial charge in [-0.05, 0) is 12.8 Å². The molecule has 2 aliphatic heterocycles. The quantitative estimate of drug-likeness (QED) is 0.887. The van der Waals surface area contributed by atoms with Gasteiger partial charge in [0.25, 0.3) is 0 Å². The first-order chi connectivity index (χ1) is 9.20. The molecule has 0 saturated carbocycles. The molecule has 1 N–H and O–H groups in total. The van der Waals surface area contributed by atoms with Gasteiger partial charge in [-0.15, -0.1) is 0 Å². The fraction of sp³-hybridized carbons (Fsp3) is 0.714. The number of nitrogens with zero attached hydrogens (tertiary/aromatic N) is 3. The van der Waals surface area contributed by atoms with E-state index in [-0.39, 0.29) is 0 Å². The fourth-order valence-corrected chi connectivity index (χ4v) is 2.71. The van der Waals surface area contributed by atoms with Crippen LogP contribution in [0.3, 0.4) is 0 Å². The number of ether oxygens (including phenoxy) is 1. The lowest BCUT2D eigenvalue weighted by molar-refractivity contribution is 0.0302. The molecule has 1 aromatic heterocycles. The molecule has 0 amide bonds. The van der Waals surface area contributed by atoms with E-state index in [2.05, 4.69) is 34.0 Å². The predicted octanol–water partition coefficient (Wildman–Crippen LogP) is 1.34. The Kier molecular flexibility index (Phi) is 3.66. The van der Waals surface area contributed by atoms with Gasteiger partial charge in [-0.1, -0.05) is 13.8 Å². The van der Waals surface area contributed by atoms with Crippen LogP contribution in [0.4, 0.5) is 5.82 Å². The second-order valence-corrected chi connectivity index (χ2v) is 5.76. The molecule has 3 heterocycles. The molecular formula is C14H22N4O. The molecule has 19 heavy (non-hydrogen) atoms. The van der Waals surface area contributed by atoms with Gasteiger partial charge in [0.05, 0.1) is 30.3 Å². The van der Waals surface area contributed by atoms with Gasteiger partial charge in [-0.25, -0.2) is 4.98 Å². The standard InChI is InChI=1S/C14H22N4O/c1-10(2)15-5-11-6-17-14(7-16-11)18-8-12-3-4-13(9-18)19-12/h6-7,10,12-13,15H,3-5,8-9H2,1-2H3. The van der Waals surface area contributed by atoms with Crippen LogP contribution >= 0.6 is 0 Å². The summed E-state index contributed by atoms with van der Waals surface area (Å²) in [5.74, 6) is 0.980. The van der Waals surface area contributed by atoms with Crippen molar-refractivity contribution in [3.05, 3.63) is 18.1 Å². The zero-order valence-corrected chi connectivity index (χ0v) is 11.7. The molecule has 2 fully saturated rings. The highest BCUT2D eigenvalue weighted by Crippen LogP contribution is 2.28. The highest BCUT2D eigenvalue weighted by molar-refractivity contribution is 5.37. The SMILES string of the molecule is CC(C)NCc1cnc(N2CC3CCC(C2)O3)cn1. The number of rotatable bonds is 4. The van der Waals surface area contributed by atoms with Crippen LogP contribution in [-0.2, 0) is 11.3 Å². The molecule has 0 aromatic carbocycles. The number of fused-ring (bicyclic) bond motifs is 2. The molecule has 5 nitrogen and oxygen atoms in total. The Balaban J connectivity index is 1.62. The van der Waals surface area contributed by atoms with E-state index in [9.17, 15) is 0 Å². The maximum absolute atomic E-state index is 5.84. The Morgan fingerprint density at radius 1 is 1.26 bits per heavy atom. The molecule has 2 unspecified atom stereocenters. The lowest BCUT2D eigenvalue weighted by atomic mass is 10.2. The normalized spacial score (nSPS) is 26.2. The molecule has 0 spiro atoms. The molecule has 0 aliphatic carbocycles. The van der Waals surface area contributed by atoms with Gasteiger partial charge >= 0.3 is 0 Å². The van der Waals surface area contributed by atoms with E-state index in [4.69, 9.17) is 4.74 Å². The van der Waals surface area contributed by atoms with Crippen LogP contribution in [0.15, 0.2) is 12.4 Å². The highest BCUT2D eigenvalue weighted by Gasteiger charge is 2.34. The number of hydrogen-bond acceptors (Lipinski definition) is 5. The van der Waals surface area contributed by atoms with Crippen LogP contribution in [0.25, 0.3) is 0 Å². The average molecular weight is 262 g/mol. The molecule has 2 saturated heterocycles. The van der Waals surface area contributed by atoms with Crippen molar-refractivity contribution >= 4 is 5.82 Å². The summed E-state index contributed by atoms with van der Waals surface area (Å²) >= 11 is 0. The maximum Gasteiger partial charge on any atom is 0.147 e. The molecule has 104 valence electrons. The summed E-state index contributed by atoms with van der Waals surface area (Å²) in [5.41, 5.74) is 0.994. The van der Waals surface area contributed by atoms with Gasteiger partial charge in [-0.3, -0.25) is 4.98 Å². The second-order valence-electron chi connectivity index (χ2n) is 5.76. The summed E-state index contributed by atoms with van der Waals surface area (Å²) < 4.78 is 5.84. The minimum atomic E-state index is 0.392. The van der Waals surface area contributed by atoms with E-state index < -0.39 is 0 Å². The Bertz CT molecular complexity index is 408. The molecule has 0 radical (unpaired) electrons. The van der Waals surface area contributed by atoms with Crippen molar-refractivity contribution in [2.24, 2.45) is 0 Å². The number of nitrogens with one attached hydrogen (secondary N) is 1. The fourth-order valence-electron chi connectivity index (χ4n) is 2.71. The average Bonchev–Trinajstić information content (AvgIpc) is 2.76. The monoisotopic (exact) mass is 262 g/mol. The smallest absolute Gasteiger partial charge is 0.147 e. The Labute approximate surface area is 114 Å². The van der Waals surface area contributed by atoms with Crippen molar-refractivity contribution in [1.29, 1.82) is 0 Å². The van der Waals surface area contributed by atoms with Crippen LogP contribution in [-0.4, -0.2) is 41.3 Å². The van der Waals surface area contributed by atoms with Crippen LogP contribution in [0, 0.1) is 0 Å². The first-order valence-corrected chi connectivity index (χ1v) is 7.15. The zero-order chi connectivity index (χ0) is 13.2. The number of hydrogen-bond donors (Lipinski definition) is 1. The van der Waals surface area contributed by atoms with Gasteiger partial charge in [0.1, 0.15) is 5.82 Å². The summed E-state index contributed by atoms with van der Waals surface area (Å²) in [6, 6.07) is 0.469. The summed E-state index contributed by atoms with van der Waals surface area (Å²) in [4.78, 5) is 11.3. The van der Waals surface area contributed by atoms with E-state index in [1.54, 1.807) is 0 Å². The van der Waals surface area contributed by atoms with Gasteiger partial charge in [-0.2, -0.15) is 0 Å². The van der Waals surface area contributed by atoms with Crippen LogP contribution in [0.2, 0.25) is 0 Å². The summed E-state index contributed by atoms with van der Waals surface area (Å²) in [6.45, 7) is 6.94. The van der Waals surface area contributed by atoms with E-state index in [0.717, 1.165) is 31.1 Å². The molecule has 2 atom stereocenters. The molecule has 2 aliphatic rings. The Morgan fingerprint density at radius 3 is 2.58 bits per heavy atom. The molecule has 5 heteroatoms. The minimum Gasteiger partial charge on any atom is -0.371 e. The van der Waals surface area contributed by atoms with Gasteiger partial charge in [0.2, 0.25) is 0 Å². The van der Waals surface area contributed by atoms with Crippen molar-refractivity contribution in [3.63, 3.8) is 0 Å². The van der Waals surface area contributed by atoms with Gasteiger partial charge in [0, 0.05) is 25.7 Å². The lowest BCUT2D eigenvalue weighted by Gasteiger charge is -2.32.